The first-order valence-corrected chi connectivity index (χ1v) is 12.6. The molecule has 1 saturated heterocycles. The Morgan fingerprint density at radius 3 is 2.58 bits per heavy atom. The molecular formula is C29H34N6O. The summed E-state index contributed by atoms with van der Waals surface area (Å²) in [6, 6.07) is 16.6. The van der Waals surface area contributed by atoms with Crippen LogP contribution in [0.1, 0.15) is 12.5 Å². The fourth-order valence-corrected chi connectivity index (χ4v) is 5.01. The van der Waals surface area contributed by atoms with Crippen molar-refractivity contribution in [2.24, 2.45) is 4.99 Å². The van der Waals surface area contributed by atoms with Crippen LogP contribution in [0.15, 0.2) is 89.7 Å². The van der Waals surface area contributed by atoms with E-state index >= 15 is 0 Å². The molecule has 2 aromatic carbocycles. The molecule has 0 aromatic heterocycles. The maximum Gasteiger partial charge on any atom is 0.252 e. The lowest BCUT2D eigenvalue weighted by Gasteiger charge is -2.37. The van der Waals surface area contributed by atoms with Gasteiger partial charge >= 0.3 is 0 Å². The highest BCUT2D eigenvalue weighted by molar-refractivity contribution is 6.16. The number of anilines is 3. The average molecular weight is 483 g/mol. The molecular weight excluding hydrogens is 448 g/mol. The van der Waals surface area contributed by atoms with Crippen molar-refractivity contribution in [1.82, 2.24) is 9.80 Å². The van der Waals surface area contributed by atoms with Crippen molar-refractivity contribution in [3.8, 4) is 0 Å². The number of nitrogens with zero attached hydrogens (tertiary/aromatic N) is 4. The van der Waals surface area contributed by atoms with Gasteiger partial charge in [0, 0.05) is 61.4 Å². The van der Waals surface area contributed by atoms with Gasteiger partial charge in [-0.15, -0.1) is 0 Å². The van der Waals surface area contributed by atoms with Crippen LogP contribution in [0, 0.1) is 0 Å². The van der Waals surface area contributed by atoms with Crippen LogP contribution in [-0.2, 0) is 11.2 Å². The number of aliphatic imine (C=N–C) groups is 1. The number of hydrogen-bond acceptors (Lipinski definition) is 6. The van der Waals surface area contributed by atoms with E-state index in [4.69, 9.17) is 4.99 Å². The summed E-state index contributed by atoms with van der Waals surface area (Å²) in [6.07, 6.45) is 6.21. The maximum atomic E-state index is 13.1. The Balaban J connectivity index is 1.33. The fraction of sp³-hybridized carbons (Fsp3) is 0.310. The van der Waals surface area contributed by atoms with Crippen LogP contribution in [-0.4, -0.2) is 67.4 Å². The number of benzene rings is 2. The minimum absolute atomic E-state index is 0.0401. The molecule has 0 bridgehead atoms. The number of carbonyl (C=O) groups is 1. The van der Waals surface area contributed by atoms with Crippen LogP contribution >= 0.6 is 0 Å². The first kappa shape index (κ1) is 23.9. The lowest BCUT2D eigenvalue weighted by Crippen LogP contribution is -2.51. The third-order valence-electron chi connectivity index (χ3n) is 7.07. The molecule has 1 atom stereocenters. The van der Waals surface area contributed by atoms with Gasteiger partial charge in [-0.05, 0) is 62.4 Å². The lowest BCUT2D eigenvalue weighted by atomic mass is 9.96. The Hall–Kier alpha value is -3.84. The second-order valence-electron chi connectivity index (χ2n) is 9.53. The third kappa shape index (κ3) is 5.06. The van der Waals surface area contributed by atoms with E-state index in [9.17, 15) is 4.79 Å². The number of amides is 1. The Labute approximate surface area is 213 Å². The number of rotatable bonds is 5. The smallest absolute Gasteiger partial charge is 0.252 e. The monoisotopic (exact) mass is 482 g/mol. The number of piperazine rings is 1. The summed E-state index contributed by atoms with van der Waals surface area (Å²) in [7, 11) is 2.16. The number of amidine groups is 1. The molecule has 7 heteroatoms. The summed E-state index contributed by atoms with van der Waals surface area (Å²) in [6.45, 7) is 11.0. The largest absolute Gasteiger partial charge is 0.383 e. The van der Waals surface area contributed by atoms with E-state index in [0.717, 1.165) is 49.5 Å². The molecule has 2 N–H and O–H groups in total. The average Bonchev–Trinajstić information content (AvgIpc) is 2.90. The molecule has 1 unspecified atom stereocenters. The molecule has 0 aliphatic carbocycles. The highest BCUT2D eigenvalue weighted by Gasteiger charge is 2.33. The van der Waals surface area contributed by atoms with E-state index < -0.39 is 0 Å². The van der Waals surface area contributed by atoms with Gasteiger partial charge in [0.15, 0.2) is 0 Å². The van der Waals surface area contributed by atoms with E-state index in [-0.39, 0.29) is 11.9 Å². The van der Waals surface area contributed by atoms with Gasteiger partial charge in [-0.25, -0.2) is 4.99 Å². The first-order chi connectivity index (χ1) is 17.5. The second-order valence-corrected chi connectivity index (χ2v) is 9.53. The van der Waals surface area contributed by atoms with Gasteiger partial charge in [0.05, 0.1) is 6.04 Å². The summed E-state index contributed by atoms with van der Waals surface area (Å²) in [4.78, 5) is 24.5. The number of para-hydroxylation sites is 1. The zero-order valence-corrected chi connectivity index (χ0v) is 21.1. The predicted octanol–water partition coefficient (Wildman–Crippen LogP) is 4.10. The van der Waals surface area contributed by atoms with Crippen LogP contribution in [0.4, 0.5) is 17.1 Å². The fourth-order valence-electron chi connectivity index (χ4n) is 5.01. The van der Waals surface area contributed by atoms with Crippen molar-refractivity contribution >= 4 is 28.8 Å². The van der Waals surface area contributed by atoms with Crippen LogP contribution in [0.3, 0.4) is 0 Å². The Morgan fingerprint density at radius 2 is 1.83 bits per heavy atom. The summed E-state index contributed by atoms with van der Waals surface area (Å²) < 4.78 is 0. The summed E-state index contributed by atoms with van der Waals surface area (Å²) in [5, 5.41) is 6.79. The molecule has 0 spiro atoms. The van der Waals surface area contributed by atoms with Gasteiger partial charge in [-0.1, -0.05) is 30.9 Å². The van der Waals surface area contributed by atoms with E-state index in [1.54, 1.807) is 6.08 Å². The number of carbonyl (C=O) groups excluding carboxylic acids is 1. The Morgan fingerprint density at radius 1 is 1.08 bits per heavy atom. The number of nitrogens with one attached hydrogen (secondary N) is 2. The lowest BCUT2D eigenvalue weighted by molar-refractivity contribution is -0.124. The molecule has 1 fully saturated rings. The topological polar surface area (TPSA) is 63.2 Å². The summed E-state index contributed by atoms with van der Waals surface area (Å²) in [5.74, 6) is 1.06. The molecule has 3 aliphatic heterocycles. The van der Waals surface area contributed by atoms with Gasteiger partial charge in [-0.3, -0.25) is 9.69 Å². The number of allylic oxidation sites excluding steroid dienone is 1. The van der Waals surface area contributed by atoms with Crippen LogP contribution in [0.5, 0.6) is 0 Å². The molecule has 7 nitrogen and oxygen atoms in total. The molecule has 186 valence electrons. The van der Waals surface area contributed by atoms with Gasteiger partial charge in [-0.2, -0.15) is 0 Å². The Bertz CT molecular complexity index is 1220. The van der Waals surface area contributed by atoms with E-state index in [0.29, 0.717) is 18.2 Å². The Kier molecular flexibility index (Phi) is 6.91. The van der Waals surface area contributed by atoms with Crippen molar-refractivity contribution in [2.45, 2.75) is 19.4 Å². The number of likely N-dealkylation sites (N-methyl/N-ethyl adjacent to an activating group) is 1. The predicted molar refractivity (Wildman–Crippen MR) is 149 cm³/mol. The highest BCUT2D eigenvalue weighted by atomic mass is 16.2. The van der Waals surface area contributed by atoms with Crippen LogP contribution in [0.2, 0.25) is 0 Å². The number of fused-ring (bicyclic) bond motifs is 1. The van der Waals surface area contributed by atoms with Crippen molar-refractivity contribution < 1.29 is 4.79 Å². The quantitative estimate of drug-likeness (QED) is 0.672. The normalized spacial score (nSPS) is 22.5. The molecule has 2 aromatic rings. The second kappa shape index (κ2) is 10.4. The van der Waals surface area contributed by atoms with E-state index in [1.807, 2.05) is 36.1 Å². The van der Waals surface area contributed by atoms with Gasteiger partial charge in [0.1, 0.15) is 11.7 Å². The van der Waals surface area contributed by atoms with Gasteiger partial charge in [0.25, 0.3) is 5.91 Å². The SMILES string of the molecule is C=C(/N=C1\C(=C/C)C=CC(=O)N1C1CNc2ccccc2C1)Nc1ccc(N2CCN(C)CC2)cc1. The van der Waals surface area contributed by atoms with Gasteiger partial charge < -0.3 is 20.4 Å². The van der Waals surface area contributed by atoms with E-state index in [1.165, 1.54) is 11.3 Å². The molecule has 0 saturated carbocycles. The van der Waals surface area contributed by atoms with Crippen molar-refractivity contribution in [3.63, 3.8) is 0 Å². The van der Waals surface area contributed by atoms with E-state index in [2.05, 4.69) is 70.5 Å². The molecule has 5 rings (SSSR count). The molecule has 3 aliphatic rings. The molecule has 3 heterocycles. The summed E-state index contributed by atoms with van der Waals surface area (Å²) >= 11 is 0. The standard InChI is InChI=1S/C29H34N6O/c1-4-22-9-14-28(36)35(26-19-23-7-5-6-8-27(23)30-20-26)29(22)32-21(2)31-24-10-12-25(13-11-24)34-17-15-33(3)16-18-34/h4-14,26,30-31H,2,15-20H2,1,3H3/b22-4-,32-29+. The minimum atomic E-state index is -0.0603. The minimum Gasteiger partial charge on any atom is -0.383 e. The number of hydrogen-bond donors (Lipinski definition) is 2. The van der Waals surface area contributed by atoms with Crippen molar-refractivity contribution in [2.75, 3.05) is 55.3 Å². The molecule has 0 radical (unpaired) electrons. The summed E-state index contributed by atoms with van der Waals surface area (Å²) in [5.41, 5.74) is 5.38. The van der Waals surface area contributed by atoms with Gasteiger partial charge in [0.2, 0.25) is 0 Å². The van der Waals surface area contributed by atoms with Crippen LogP contribution in [0.25, 0.3) is 0 Å². The molecule has 1 amide bonds. The third-order valence-corrected chi connectivity index (χ3v) is 7.07. The van der Waals surface area contributed by atoms with Crippen molar-refractivity contribution in [3.05, 3.63) is 90.3 Å². The first-order valence-electron chi connectivity index (χ1n) is 12.6. The maximum absolute atomic E-state index is 13.1. The zero-order valence-electron chi connectivity index (χ0n) is 21.1. The zero-order chi connectivity index (χ0) is 25.1. The van der Waals surface area contributed by atoms with Crippen molar-refractivity contribution in [1.29, 1.82) is 0 Å². The van der Waals surface area contributed by atoms with Crippen LogP contribution < -0.4 is 15.5 Å². The highest BCUT2D eigenvalue weighted by Crippen LogP contribution is 2.27. The molecule has 36 heavy (non-hydrogen) atoms.